The fourth-order valence-electron chi connectivity index (χ4n) is 3.21. The fourth-order valence-corrected chi connectivity index (χ4v) is 3.21. The van der Waals surface area contributed by atoms with E-state index in [1.165, 1.54) is 16.2 Å². The zero-order valence-corrected chi connectivity index (χ0v) is 15.4. The summed E-state index contributed by atoms with van der Waals surface area (Å²) in [6, 6.07) is 6.99. The smallest absolute Gasteiger partial charge is 0.334 e. The van der Waals surface area contributed by atoms with Crippen molar-refractivity contribution < 1.29 is 4.92 Å². The minimum atomic E-state index is -0.652. The lowest BCUT2D eigenvalue weighted by molar-refractivity contribution is -0.386. The average Bonchev–Trinajstić information content (AvgIpc) is 2.93. The molecule has 0 saturated carbocycles. The molecule has 3 aromatic rings. The van der Waals surface area contributed by atoms with E-state index < -0.39 is 16.2 Å². The molecule has 0 aliphatic heterocycles. The zero-order chi connectivity index (χ0) is 19.0. The molecule has 0 amide bonds. The third kappa shape index (κ3) is 3.37. The summed E-state index contributed by atoms with van der Waals surface area (Å²) in [5.41, 5.74) is 3.74. The second-order valence-electron chi connectivity index (χ2n) is 7.11. The lowest BCUT2D eigenvalue weighted by atomic mass is 10.00. The van der Waals surface area contributed by atoms with E-state index in [4.69, 9.17) is 0 Å². The van der Waals surface area contributed by atoms with E-state index in [9.17, 15) is 14.9 Å². The summed E-state index contributed by atoms with van der Waals surface area (Å²) in [5, 5.41) is 11.0. The minimum absolute atomic E-state index is 0.168. The van der Waals surface area contributed by atoms with Crippen molar-refractivity contribution in [3.05, 3.63) is 67.4 Å². The summed E-state index contributed by atoms with van der Waals surface area (Å²) in [5.74, 6) is 1.11. The van der Waals surface area contributed by atoms with Crippen LogP contribution in [0.3, 0.4) is 0 Å². The molecule has 3 rings (SSSR count). The van der Waals surface area contributed by atoms with Gasteiger partial charge in [0.25, 0.3) is 0 Å². The summed E-state index contributed by atoms with van der Waals surface area (Å²) in [6.07, 6.45) is 0.915. The largest absolute Gasteiger partial charge is 0.340 e. The topological polar surface area (TPSA) is 93.8 Å². The van der Waals surface area contributed by atoms with Gasteiger partial charge in [-0.25, -0.2) is 4.98 Å². The number of aromatic nitrogens is 3. The Kier molecular flexibility index (Phi) is 4.63. The van der Waals surface area contributed by atoms with Gasteiger partial charge in [-0.15, -0.1) is 0 Å². The first-order valence-corrected chi connectivity index (χ1v) is 8.59. The van der Waals surface area contributed by atoms with Crippen molar-refractivity contribution in [1.29, 1.82) is 0 Å². The van der Waals surface area contributed by atoms with Gasteiger partial charge in [-0.05, 0) is 49.4 Å². The van der Waals surface area contributed by atoms with E-state index in [0.717, 1.165) is 23.0 Å². The Morgan fingerprint density at radius 2 is 2.00 bits per heavy atom. The number of pyridine rings is 1. The number of rotatable bonds is 5. The van der Waals surface area contributed by atoms with Gasteiger partial charge < -0.3 is 4.98 Å². The number of H-pyrrole nitrogens is 1. The third-order valence-electron chi connectivity index (χ3n) is 4.36. The molecule has 0 aliphatic carbocycles. The van der Waals surface area contributed by atoms with Crippen molar-refractivity contribution in [3.63, 3.8) is 0 Å². The predicted molar refractivity (Wildman–Crippen MR) is 101 cm³/mol. The van der Waals surface area contributed by atoms with Crippen molar-refractivity contribution in [2.24, 2.45) is 5.92 Å². The molecule has 26 heavy (non-hydrogen) atoms. The highest BCUT2D eigenvalue weighted by molar-refractivity contribution is 5.79. The number of fused-ring (bicyclic) bond motifs is 1. The van der Waals surface area contributed by atoms with Gasteiger partial charge in [0.1, 0.15) is 5.82 Å². The van der Waals surface area contributed by atoms with Crippen LogP contribution in [-0.4, -0.2) is 19.5 Å². The van der Waals surface area contributed by atoms with Gasteiger partial charge in [-0.3, -0.25) is 19.5 Å². The number of hydrogen-bond donors (Lipinski definition) is 1. The number of nitrogens with zero attached hydrogens (tertiary/aromatic N) is 3. The number of imidazole rings is 1. The molecule has 0 fully saturated rings. The summed E-state index contributed by atoms with van der Waals surface area (Å²) >= 11 is 0. The maximum absolute atomic E-state index is 12.4. The molecule has 2 heterocycles. The van der Waals surface area contributed by atoms with Crippen molar-refractivity contribution in [2.75, 3.05) is 0 Å². The molecule has 0 bridgehead atoms. The average molecular weight is 354 g/mol. The number of nitrogens with one attached hydrogen (secondary N) is 1. The van der Waals surface area contributed by atoms with Crippen molar-refractivity contribution in [1.82, 2.24) is 14.5 Å². The number of nitro groups is 1. The van der Waals surface area contributed by atoms with Gasteiger partial charge in [0.15, 0.2) is 0 Å². The number of benzene rings is 1. The van der Waals surface area contributed by atoms with Crippen molar-refractivity contribution >= 4 is 16.7 Å². The van der Waals surface area contributed by atoms with E-state index in [2.05, 4.69) is 29.9 Å². The molecule has 0 radical (unpaired) electrons. The first-order chi connectivity index (χ1) is 12.3. The fraction of sp³-hybridized carbons (Fsp3) is 0.368. The number of aromatic amines is 1. The van der Waals surface area contributed by atoms with Gasteiger partial charge >= 0.3 is 11.2 Å². The lowest BCUT2D eigenvalue weighted by Crippen LogP contribution is -2.25. The lowest BCUT2D eigenvalue weighted by Gasteiger charge is -2.07. The Hall–Kier alpha value is -2.96. The molecule has 0 spiro atoms. The van der Waals surface area contributed by atoms with Gasteiger partial charge in [0.05, 0.1) is 22.5 Å². The van der Waals surface area contributed by atoms with Crippen molar-refractivity contribution in [2.45, 2.75) is 40.7 Å². The Labute approximate surface area is 150 Å². The SMILES string of the molecule is Cc1cc(CC(C)C)c2nc(Cn3c(C)ccc([N+](=O)[O-])c3=O)[nH]c2c1. The first kappa shape index (κ1) is 17.8. The van der Waals surface area contributed by atoms with Gasteiger partial charge in [-0.2, -0.15) is 0 Å². The molecule has 0 saturated heterocycles. The van der Waals surface area contributed by atoms with Gasteiger partial charge in [-0.1, -0.05) is 19.9 Å². The summed E-state index contributed by atoms with van der Waals surface area (Å²) in [6.45, 7) is 8.28. The minimum Gasteiger partial charge on any atom is -0.340 e. The van der Waals surface area contributed by atoms with Gasteiger partial charge in [0, 0.05) is 11.8 Å². The maximum atomic E-state index is 12.4. The van der Waals surface area contributed by atoms with E-state index in [1.807, 2.05) is 13.0 Å². The standard InChI is InChI=1S/C19H22N4O3/c1-11(2)7-14-8-12(3)9-15-18(14)21-17(20-15)10-22-13(4)5-6-16(19(22)24)23(25)26/h5-6,8-9,11H,7,10H2,1-4H3,(H,20,21). The Bertz CT molecular complexity index is 1050. The molecule has 2 aromatic heterocycles. The summed E-state index contributed by atoms with van der Waals surface area (Å²) in [7, 11) is 0. The molecular weight excluding hydrogens is 332 g/mol. The van der Waals surface area contributed by atoms with Crippen LogP contribution < -0.4 is 5.56 Å². The number of hydrogen-bond acceptors (Lipinski definition) is 4. The zero-order valence-electron chi connectivity index (χ0n) is 15.4. The Morgan fingerprint density at radius 3 is 2.65 bits per heavy atom. The van der Waals surface area contributed by atoms with Crippen molar-refractivity contribution in [3.8, 4) is 0 Å². The molecule has 1 N–H and O–H groups in total. The second-order valence-corrected chi connectivity index (χ2v) is 7.11. The highest BCUT2D eigenvalue weighted by atomic mass is 16.6. The Morgan fingerprint density at radius 1 is 1.27 bits per heavy atom. The van der Waals surface area contributed by atoms with Crippen LogP contribution in [0.15, 0.2) is 29.1 Å². The van der Waals surface area contributed by atoms with E-state index in [-0.39, 0.29) is 6.54 Å². The first-order valence-electron chi connectivity index (χ1n) is 8.59. The van der Waals surface area contributed by atoms with Crippen LogP contribution in [-0.2, 0) is 13.0 Å². The molecule has 0 atom stereocenters. The highest BCUT2D eigenvalue weighted by Crippen LogP contribution is 2.22. The summed E-state index contributed by atoms with van der Waals surface area (Å²) < 4.78 is 1.38. The highest BCUT2D eigenvalue weighted by Gasteiger charge is 2.17. The molecule has 7 heteroatoms. The van der Waals surface area contributed by atoms with Crippen LogP contribution in [0, 0.1) is 29.9 Å². The van der Waals surface area contributed by atoms with Gasteiger partial charge in [0.2, 0.25) is 0 Å². The molecule has 0 unspecified atom stereocenters. The van der Waals surface area contributed by atoms with E-state index in [1.54, 1.807) is 13.0 Å². The van der Waals surface area contributed by atoms with Crippen LogP contribution >= 0.6 is 0 Å². The normalized spacial score (nSPS) is 11.4. The van der Waals surface area contributed by atoms with Crippen LogP contribution in [0.2, 0.25) is 0 Å². The Balaban J connectivity index is 2.07. The maximum Gasteiger partial charge on any atom is 0.334 e. The monoisotopic (exact) mass is 354 g/mol. The quantitative estimate of drug-likeness (QED) is 0.560. The molecule has 7 nitrogen and oxygen atoms in total. The second kappa shape index (κ2) is 6.74. The molecule has 1 aromatic carbocycles. The predicted octanol–water partition coefficient (Wildman–Crippen LogP) is 3.50. The van der Waals surface area contributed by atoms with Crippen LogP contribution in [0.4, 0.5) is 5.69 Å². The molecule has 0 aliphatic rings. The van der Waals surface area contributed by atoms with Crippen LogP contribution in [0.25, 0.3) is 11.0 Å². The van der Waals surface area contributed by atoms with E-state index >= 15 is 0 Å². The van der Waals surface area contributed by atoms with Crippen LogP contribution in [0.1, 0.15) is 36.5 Å². The third-order valence-corrected chi connectivity index (χ3v) is 4.36. The number of aryl methyl sites for hydroxylation is 2. The van der Waals surface area contributed by atoms with E-state index in [0.29, 0.717) is 17.4 Å². The van der Waals surface area contributed by atoms with Crippen LogP contribution in [0.5, 0.6) is 0 Å². The molecular formula is C19H22N4O3. The molecule has 136 valence electrons. The summed E-state index contributed by atoms with van der Waals surface area (Å²) in [4.78, 5) is 30.7.